The van der Waals surface area contributed by atoms with Gasteiger partial charge in [-0.25, -0.2) is 0 Å². The topological polar surface area (TPSA) is 58.2 Å². The Balaban J connectivity index is 1.67. The van der Waals surface area contributed by atoms with Gasteiger partial charge in [-0.05, 0) is 33.1 Å². The average Bonchev–Trinajstić information content (AvgIpc) is 2.99. The van der Waals surface area contributed by atoms with Gasteiger partial charge >= 0.3 is 0 Å². The summed E-state index contributed by atoms with van der Waals surface area (Å²) in [5, 5.41) is 7.48. The van der Waals surface area contributed by atoms with E-state index < -0.39 is 0 Å². The van der Waals surface area contributed by atoms with Crippen LogP contribution in [0.25, 0.3) is 0 Å². The minimum Gasteiger partial charge on any atom is -0.369 e. The van der Waals surface area contributed by atoms with Crippen LogP contribution in [0.1, 0.15) is 80.2 Å². The SMILES string of the molecule is C[C@@H]1Cc2c(C(=O)N3CC=CCC34CCCCC4)n[nH]c2[C@H](C)O1. The summed E-state index contributed by atoms with van der Waals surface area (Å²) in [6.07, 6.45) is 12.2. The largest absolute Gasteiger partial charge is 0.369 e. The summed E-state index contributed by atoms with van der Waals surface area (Å²) in [6.45, 7) is 4.79. The van der Waals surface area contributed by atoms with Crippen LogP contribution < -0.4 is 0 Å². The second-order valence-electron chi connectivity index (χ2n) is 7.63. The first-order chi connectivity index (χ1) is 11.6. The number of rotatable bonds is 1. The first-order valence-corrected chi connectivity index (χ1v) is 9.30. The number of nitrogens with zero attached hydrogens (tertiary/aromatic N) is 2. The van der Waals surface area contributed by atoms with Crippen LogP contribution in [0.3, 0.4) is 0 Å². The second kappa shape index (κ2) is 6.03. The summed E-state index contributed by atoms with van der Waals surface area (Å²) in [5.41, 5.74) is 2.67. The number of nitrogens with one attached hydrogen (secondary N) is 1. The van der Waals surface area contributed by atoms with E-state index in [9.17, 15) is 4.79 Å². The molecule has 0 unspecified atom stereocenters. The highest BCUT2D eigenvalue weighted by Gasteiger charge is 2.42. The van der Waals surface area contributed by atoms with Crippen LogP contribution in [0.4, 0.5) is 0 Å². The molecule has 3 aliphatic rings. The molecule has 0 saturated heterocycles. The Bertz CT molecular complexity index is 658. The minimum atomic E-state index is -0.0253. The van der Waals surface area contributed by atoms with Crippen molar-refractivity contribution in [1.29, 1.82) is 0 Å². The first-order valence-electron chi connectivity index (χ1n) is 9.30. The number of ether oxygens (including phenoxy) is 1. The van der Waals surface area contributed by atoms with Crippen LogP contribution >= 0.6 is 0 Å². The van der Waals surface area contributed by atoms with Crippen LogP contribution in [0.15, 0.2) is 12.2 Å². The van der Waals surface area contributed by atoms with Crippen LogP contribution in [0.5, 0.6) is 0 Å². The number of hydrogen-bond acceptors (Lipinski definition) is 3. The van der Waals surface area contributed by atoms with Crippen molar-refractivity contribution in [3.8, 4) is 0 Å². The molecule has 2 atom stereocenters. The average molecular weight is 329 g/mol. The Hall–Kier alpha value is -1.62. The molecule has 1 fully saturated rings. The number of amides is 1. The van der Waals surface area contributed by atoms with E-state index in [1.54, 1.807) is 0 Å². The zero-order chi connectivity index (χ0) is 16.7. The monoisotopic (exact) mass is 329 g/mol. The molecule has 0 bridgehead atoms. The summed E-state index contributed by atoms with van der Waals surface area (Å²) < 4.78 is 5.85. The smallest absolute Gasteiger partial charge is 0.275 e. The van der Waals surface area contributed by atoms with E-state index >= 15 is 0 Å². The zero-order valence-electron chi connectivity index (χ0n) is 14.7. The molecule has 1 aromatic rings. The van der Waals surface area contributed by atoms with Crippen molar-refractivity contribution in [2.45, 2.75) is 76.5 Å². The number of hydrogen-bond donors (Lipinski definition) is 1. The number of aromatic amines is 1. The Morgan fingerprint density at radius 2 is 2.08 bits per heavy atom. The van der Waals surface area contributed by atoms with Crippen molar-refractivity contribution in [3.63, 3.8) is 0 Å². The van der Waals surface area contributed by atoms with Gasteiger partial charge in [0.1, 0.15) is 0 Å². The van der Waals surface area contributed by atoms with Gasteiger partial charge in [0.25, 0.3) is 5.91 Å². The molecule has 1 aliphatic carbocycles. The van der Waals surface area contributed by atoms with Gasteiger partial charge in [-0.1, -0.05) is 31.4 Å². The predicted molar refractivity (Wildman–Crippen MR) is 91.9 cm³/mol. The number of aromatic nitrogens is 2. The standard InChI is InChI=1S/C19H27N3O2/c1-13-12-15-16(14(2)24-13)20-21-17(15)18(23)22-11-7-6-10-19(22)8-4-3-5-9-19/h6-7,13-14H,3-5,8-12H2,1-2H3,(H,20,21)/t13-,14+/m1/s1. The molecule has 1 aromatic heterocycles. The molecule has 5 heteroatoms. The van der Waals surface area contributed by atoms with Gasteiger partial charge in [0.05, 0.1) is 17.9 Å². The van der Waals surface area contributed by atoms with Gasteiger partial charge in [0, 0.05) is 24.1 Å². The molecule has 5 nitrogen and oxygen atoms in total. The number of carbonyl (C=O) groups is 1. The maximum atomic E-state index is 13.4. The lowest BCUT2D eigenvalue weighted by Crippen LogP contribution is -2.54. The van der Waals surface area contributed by atoms with Crippen molar-refractivity contribution >= 4 is 5.91 Å². The van der Waals surface area contributed by atoms with E-state index in [1.165, 1.54) is 19.3 Å². The molecule has 1 N–H and O–H groups in total. The van der Waals surface area contributed by atoms with E-state index in [0.29, 0.717) is 12.2 Å². The number of carbonyl (C=O) groups excluding carboxylic acids is 1. The molecule has 1 saturated carbocycles. The Morgan fingerprint density at radius 1 is 1.29 bits per heavy atom. The number of fused-ring (bicyclic) bond motifs is 1. The summed E-state index contributed by atoms with van der Waals surface area (Å²) in [4.78, 5) is 15.5. The molecule has 2 aliphatic heterocycles. The molecule has 130 valence electrons. The van der Waals surface area contributed by atoms with Crippen LogP contribution in [0.2, 0.25) is 0 Å². The van der Waals surface area contributed by atoms with Gasteiger partial charge in [0.2, 0.25) is 0 Å². The van der Waals surface area contributed by atoms with Crippen molar-refractivity contribution < 1.29 is 9.53 Å². The minimum absolute atomic E-state index is 0.0122. The highest BCUT2D eigenvalue weighted by molar-refractivity contribution is 5.95. The fraction of sp³-hybridized carbons (Fsp3) is 0.684. The lowest BCUT2D eigenvalue weighted by Gasteiger charge is -2.47. The third-order valence-corrected chi connectivity index (χ3v) is 5.99. The summed E-state index contributed by atoms with van der Waals surface area (Å²) >= 11 is 0. The molecule has 1 spiro atoms. The molecular weight excluding hydrogens is 302 g/mol. The third kappa shape index (κ3) is 2.50. The second-order valence-corrected chi connectivity index (χ2v) is 7.63. The predicted octanol–water partition coefficient (Wildman–Crippen LogP) is 3.54. The molecule has 24 heavy (non-hydrogen) atoms. The zero-order valence-corrected chi connectivity index (χ0v) is 14.7. The van der Waals surface area contributed by atoms with E-state index in [1.807, 2.05) is 6.92 Å². The maximum Gasteiger partial charge on any atom is 0.275 e. The van der Waals surface area contributed by atoms with E-state index in [2.05, 4.69) is 34.2 Å². The molecule has 1 amide bonds. The summed E-state index contributed by atoms with van der Waals surface area (Å²) in [7, 11) is 0. The Kier molecular flexibility index (Phi) is 3.99. The third-order valence-electron chi connectivity index (χ3n) is 5.99. The fourth-order valence-corrected chi connectivity index (χ4v) is 4.75. The van der Waals surface area contributed by atoms with Gasteiger partial charge < -0.3 is 9.64 Å². The van der Waals surface area contributed by atoms with Crippen LogP contribution in [-0.4, -0.2) is 39.2 Å². The fourth-order valence-electron chi connectivity index (χ4n) is 4.75. The van der Waals surface area contributed by atoms with Crippen molar-refractivity contribution in [1.82, 2.24) is 15.1 Å². The summed E-state index contributed by atoms with van der Waals surface area (Å²) in [6, 6.07) is 0. The van der Waals surface area contributed by atoms with Gasteiger partial charge in [-0.3, -0.25) is 9.89 Å². The van der Waals surface area contributed by atoms with Crippen LogP contribution in [-0.2, 0) is 11.2 Å². The van der Waals surface area contributed by atoms with E-state index in [4.69, 9.17) is 4.74 Å². The molecule has 3 heterocycles. The Labute approximate surface area is 143 Å². The van der Waals surface area contributed by atoms with Gasteiger partial charge in [-0.15, -0.1) is 0 Å². The van der Waals surface area contributed by atoms with Gasteiger partial charge in [-0.2, -0.15) is 5.10 Å². The lowest BCUT2D eigenvalue weighted by atomic mass is 9.76. The summed E-state index contributed by atoms with van der Waals surface area (Å²) in [5.74, 6) is 0.0973. The van der Waals surface area contributed by atoms with Crippen molar-refractivity contribution in [2.24, 2.45) is 0 Å². The van der Waals surface area contributed by atoms with Crippen molar-refractivity contribution in [3.05, 3.63) is 29.1 Å². The molecule has 0 radical (unpaired) electrons. The molecular formula is C19H27N3O2. The molecule has 4 rings (SSSR count). The van der Waals surface area contributed by atoms with Crippen LogP contribution in [0, 0.1) is 0 Å². The first kappa shape index (κ1) is 15.9. The lowest BCUT2D eigenvalue weighted by molar-refractivity contribution is -0.00713. The quantitative estimate of drug-likeness (QED) is 0.802. The highest BCUT2D eigenvalue weighted by atomic mass is 16.5. The van der Waals surface area contributed by atoms with Gasteiger partial charge in [0.15, 0.2) is 5.69 Å². The highest BCUT2D eigenvalue weighted by Crippen LogP contribution is 2.40. The number of H-pyrrole nitrogens is 1. The molecule has 0 aromatic carbocycles. The van der Waals surface area contributed by atoms with Crippen molar-refractivity contribution in [2.75, 3.05) is 6.54 Å². The van der Waals surface area contributed by atoms with E-state index in [-0.39, 0.29) is 23.7 Å². The normalized spacial score (nSPS) is 28.8. The van der Waals surface area contributed by atoms with E-state index in [0.717, 1.165) is 36.9 Å². The Morgan fingerprint density at radius 3 is 2.88 bits per heavy atom. The maximum absolute atomic E-state index is 13.4.